The largest absolute Gasteiger partial charge is 0.505 e. The number of fused-ring (bicyclic) bond motifs is 6. The number of phenolic OH excluding ortho intramolecular Hbond substituents is 1. The average molecular weight is 519 g/mol. The van der Waals surface area contributed by atoms with Crippen LogP contribution in [0.4, 0.5) is 27.6 Å². The van der Waals surface area contributed by atoms with Crippen molar-refractivity contribution in [2.24, 2.45) is 0 Å². The van der Waals surface area contributed by atoms with E-state index in [1.807, 2.05) is 4.72 Å². The quantitative estimate of drug-likeness (QED) is 0.363. The lowest BCUT2D eigenvalue weighted by Crippen LogP contribution is -2.24. The van der Waals surface area contributed by atoms with Gasteiger partial charge in [0.2, 0.25) is 0 Å². The fraction of sp³-hybridized carbons (Fsp3) is 0.0952. The molecule has 4 rings (SSSR count). The summed E-state index contributed by atoms with van der Waals surface area (Å²) in [5, 5.41) is 11.9. The molecule has 0 saturated carbocycles. The number of sulfonamides is 1. The molecule has 0 atom stereocenters. The smallest absolute Gasteiger partial charge is 0.416 e. The Hall–Kier alpha value is -3.38. The van der Waals surface area contributed by atoms with E-state index in [2.05, 4.69) is 5.32 Å². The summed E-state index contributed by atoms with van der Waals surface area (Å²) in [4.78, 5) is 11.8. The van der Waals surface area contributed by atoms with Gasteiger partial charge in [-0.15, -0.1) is 0 Å². The first kappa shape index (κ1) is 23.8. The molecule has 3 aromatic rings. The zero-order valence-electron chi connectivity index (χ0n) is 16.6. The van der Waals surface area contributed by atoms with Crippen LogP contribution in [-0.2, 0) is 22.7 Å². The number of carbonyl (C=O) groups excluding carboxylic acids is 1. The number of rotatable bonds is 0. The normalized spacial score (nSPS) is 15.2. The number of hydrogen-bond acceptors (Lipinski definition) is 4. The zero-order chi connectivity index (χ0) is 25.0. The van der Waals surface area contributed by atoms with Crippen LogP contribution in [0.2, 0.25) is 5.02 Å². The number of aromatic hydroxyl groups is 1. The number of anilines is 1. The summed E-state index contributed by atoms with van der Waals surface area (Å²) in [6.07, 6.45) is -4.75. The van der Waals surface area contributed by atoms with E-state index in [0.29, 0.717) is 18.2 Å². The Balaban J connectivity index is 2.01. The van der Waals surface area contributed by atoms with Crippen molar-refractivity contribution in [3.63, 3.8) is 0 Å². The Morgan fingerprint density at radius 1 is 0.971 bits per heavy atom. The molecule has 1 amide bonds. The Kier molecular flexibility index (Phi) is 5.68. The molecule has 6 nitrogen and oxygen atoms in total. The number of phenols is 1. The average Bonchev–Trinajstić information content (AvgIpc) is 2.74. The van der Waals surface area contributed by atoms with Gasteiger partial charge < -0.3 is 10.4 Å². The summed E-state index contributed by atoms with van der Waals surface area (Å²) in [6, 6.07) is 5.11. The molecule has 178 valence electrons. The predicted octanol–water partition coefficient (Wildman–Crippen LogP) is 5.05. The summed E-state index contributed by atoms with van der Waals surface area (Å²) < 4.78 is 96.5. The highest BCUT2D eigenvalue weighted by molar-refractivity contribution is 7.92. The van der Waals surface area contributed by atoms with Crippen LogP contribution in [0.25, 0.3) is 11.1 Å². The third kappa shape index (κ3) is 4.26. The highest BCUT2D eigenvalue weighted by Crippen LogP contribution is 2.38. The second kappa shape index (κ2) is 8.13. The lowest BCUT2D eigenvalue weighted by atomic mass is 9.96. The molecule has 13 heteroatoms. The highest BCUT2D eigenvalue weighted by atomic mass is 35.5. The van der Waals surface area contributed by atoms with Crippen LogP contribution in [0.15, 0.2) is 47.4 Å². The summed E-state index contributed by atoms with van der Waals surface area (Å²) in [5.41, 5.74) is -2.92. The molecule has 0 saturated heterocycles. The number of benzene rings is 3. The Morgan fingerprint density at radius 2 is 1.68 bits per heavy atom. The number of alkyl halides is 3. The highest BCUT2D eigenvalue weighted by Gasteiger charge is 2.32. The van der Waals surface area contributed by atoms with Gasteiger partial charge in [0.05, 0.1) is 16.3 Å². The first-order valence-corrected chi connectivity index (χ1v) is 11.2. The minimum Gasteiger partial charge on any atom is -0.505 e. The number of nitrogens with one attached hydrogen (secondary N) is 2. The second-order valence-corrected chi connectivity index (χ2v) is 9.33. The molecule has 0 unspecified atom stereocenters. The van der Waals surface area contributed by atoms with E-state index >= 15 is 0 Å². The van der Waals surface area contributed by atoms with E-state index in [9.17, 15) is 40.3 Å². The topological polar surface area (TPSA) is 95.5 Å². The molecule has 0 aromatic heterocycles. The van der Waals surface area contributed by atoms with Crippen molar-refractivity contribution in [2.75, 3.05) is 4.72 Å². The van der Waals surface area contributed by atoms with E-state index in [4.69, 9.17) is 11.6 Å². The molecule has 0 aliphatic carbocycles. The Morgan fingerprint density at radius 3 is 2.35 bits per heavy atom. The van der Waals surface area contributed by atoms with Gasteiger partial charge >= 0.3 is 6.18 Å². The minimum absolute atomic E-state index is 0.141. The maximum atomic E-state index is 14.7. The van der Waals surface area contributed by atoms with E-state index < -0.39 is 72.8 Å². The lowest BCUT2D eigenvalue weighted by molar-refractivity contribution is -0.137. The van der Waals surface area contributed by atoms with Crippen molar-refractivity contribution in [3.8, 4) is 16.9 Å². The fourth-order valence-electron chi connectivity index (χ4n) is 3.40. The molecular formula is C21H12ClF5N2O4S. The van der Waals surface area contributed by atoms with Crippen LogP contribution in [0.1, 0.15) is 21.5 Å². The summed E-state index contributed by atoms with van der Waals surface area (Å²) in [6.45, 7) is -0.530. The first-order chi connectivity index (χ1) is 15.8. The van der Waals surface area contributed by atoms with Gasteiger partial charge in [-0.2, -0.15) is 13.2 Å². The molecule has 1 heterocycles. The molecule has 1 aliphatic heterocycles. The molecule has 0 spiro atoms. The molecule has 0 fully saturated rings. The third-order valence-corrected chi connectivity index (χ3v) is 6.71. The molecule has 4 bridgehead atoms. The van der Waals surface area contributed by atoms with Crippen molar-refractivity contribution in [3.05, 3.63) is 75.8 Å². The SMILES string of the molecule is O=C1NCc2cc(C(F)(F)F)ccc2-c2cc(c(F)cc2F)NS(=O)(=O)c2cc1cc(Cl)c2O. The van der Waals surface area contributed by atoms with Gasteiger partial charge in [-0.25, -0.2) is 17.2 Å². The Labute approximate surface area is 194 Å². The summed E-state index contributed by atoms with van der Waals surface area (Å²) in [7, 11) is -4.75. The van der Waals surface area contributed by atoms with Crippen molar-refractivity contribution < 1.29 is 40.3 Å². The van der Waals surface area contributed by atoms with Gasteiger partial charge in [0.25, 0.3) is 15.9 Å². The van der Waals surface area contributed by atoms with E-state index in [0.717, 1.165) is 24.3 Å². The summed E-state index contributed by atoms with van der Waals surface area (Å²) >= 11 is 5.85. The van der Waals surface area contributed by atoms with Gasteiger partial charge in [0.1, 0.15) is 16.5 Å². The van der Waals surface area contributed by atoms with Gasteiger partial charge in [-0.05, 0) is 41.5 Å². The van der Waals surface area contributed by atoms with Crippen LogP contribution < -0.4 is 10.0 Å². The van der Waals surface area contributed by atoms with Crippen LogP contribution in [0.5, 0.6) is 5.75 Å². The van der Waals surface area contributed by atoms with Gasteiger partial charge in [-0.3, -0.25) is 9.52 Å². The van der Waals surface area contributed by atoms with Gasteiger partial charge in [-0.1, -0.05) is 17.7 Å². The standard InChI is InChI=1S/C21H12ClF5N2O4S/c22-14-4-9-5-18(19(14)30)34(32,33)29-17-6-13(15(23)7-16(17)24)12-2-1-11(21(25,26)27)3-10(12)8-28-20(9)31/h1-7,29-30H,8H2,(H,28,31). The number of halogens is 6. The first-order valence-electron chi connectivity index (χ1n) is 9.31. The van der Waals surface area contributed by atoms with Gasteiger partial charge in [0, 0.05) is 23.7 Å². The van der Waals surface area contributed by atoms with E-state index in [1.54, 1.807) is 0 Å². The van der Waals surface area contributed by atoms with Gasteiger partial charge in [0.15, 0.2) is 5.75 Å². The maximum Gasteiger partial charge on any atom is 0.416 e. The Bertz CT molecular complexity index is 1460. The molecule has 34 heavy (non-hydrogen) atoms. The number of amides is 1. The van der Waals surface area contributed by atoms with Crippen LogP contribution in [0, 0.1) is 11.6 Å². The molecular weight excluding hydrogens is 507 g/mol. The molecule has 3 aromatic carbocycles. The number of hydrogen-bond donors (Lipinski definition) is 3. The zero-order valence-corrected chi connectivity index (χ0v) is 18.2. The maximum absolute atomic E-state index is 14.7. The van der Waals surface area contributed by atoms with Crippen molar-refractivity contribution >= 4 is 33.2 Å². The second-order valence-electron chi connectivity index (χ2n) is 7.27. The van der Waals surface area contributed by atoms with E-state index in [-0.39, 0.29) is 16.7 Å². The molecule has 1 aliphatic rings. The monoisotopic (exact) mass is 518 g/mol. The van der Waals surface area contributed by atoms with Crippen molar-refractivity contribution in [1.29, 1.82) is 0 Å². The number of carbonyl (C=O) groups is 1. The van der Waals surface area contributed by atoms with E-state index in [1.165, 1.54) is 0 Å². The predicted molar refractivity (Wildman–Crippen MR) is 112 cm³/mol. The van der Waals surface area contributed by atoms with Crippen LogP contribution in [-0.4, -0.2) is 19.4 Å². The molecule has 3 N–H and O–H groups in total. The third-order valence-electron chi connectivity index (χ3n) is 5.04. The van der Waals surface area contributed by atoms with Crippen molar-refractivity contribution in [1.82, 2.24) is 5.32 Å². The summed E-state index contributed by atoms with van der Waals surface area (Å²) in [5.74, 6) is -4.39. The van der Waals surface area contributed by atoms with Crippen LogP contribution in [0.3, 0.4) is 0 Å². The van der Waals surface area contributed by atoms with Crippen molar-refractivity contribution in [2.45, 2.75) is 17.6 Å². The minimum atomic E-state index is -4.75. The van der Waals surface area contributed by atoms with Crippen LogP contribution >= 0.6 is 11.6 Å². The molecule has 0 radical (unpaired) electrons. The fourth-order valence-corrected chi connectivity index (χ4v) is 4.88. The lowest BCUT2D eigenvalue weighted by Gasteiger charge is -2.16.